The van der Waals surface area contributed by atoms with Crippen molar-refractivity contribution >= 4 is 17.5 Å². The summed E-state index contributed by atoms with van der Waals surface area (Å²) in [4.78, 5) is 29.7. The van der Waals surface area contributed by atoms with Crippen LogP contribution < -0.4 is 11.1 Å². The highest BCUT2D eigenvalue weighted by atomic mass is 16.1. The van der Waals surface area contributed by atoms with E-state index in [4.69, 9.17) is 5.73 Å². The molecule has 1 aliphatic heterocycles. The molecule has 1 atom stereocenters. The smallest absolute Gasteiger partial charge is 0.231 e. The summed E-state index contributed by atoms with van der Waals surface area (Å²) in [5.74, 6) is 0.505. The van der Waals surface area contributed by atoms with Crippen molar-refractivity contribution in [3.05, 3.63) is 36.7 Å². The van der Waals surface area contributed by atoms with E-state index in [9.17, 15) is 4.79 Å². The Kier molecular flexibility index (Phi) is 4.19. The number of nitrogens with two attached hydrogens (primary N) is 1. The number of anilines is 2. The van der Waals surface area contributed by atoms with Crippen LogP contribution >= 0.6 is 0 Å². The summed E-state index contributed by atoms with van der Waals surface area (Å²) in [7, 11) is 0. The minimum Gasteiger partial charge on any atom is -0.369 e. The third-order valence-electron chi connectivity index (χ3n) is 3.56. The summed E-state index contributed by atoms with van der Waals surface area (Å²) in [5.41, 5.74) is 6.94. The van der Waals surface area contributed by atoms with Crippen molar-refractivity contribution in [3.8, 4) is 0 Å². The monoisotopic (exact) mass is 299 g/mol. The molecule has 1 aliphatic rings. The molecule has 0 aromatic carbocycles. The van der Waals surface area contributed by atoms with Gasteiger partial charge in [0.15, 0.2) is 0 Å². The van der Waals surface area contributed by atoms with Gasteiger partial charge in [0.1, 0.15) is 6.33 Å². The first kappa shape index (κ1) is 14.3. The average molecular weight is 299 g/mol. The van der Waals surface area contributed by atoms with Crippen LogP contribution in [0.5, 0.6) is 0 Å². The molecule has 0 aliphatic carbocycles. The summed E-state index contributed by atoms with van der Waals surface area (Å²) in [6.45, 7) is 1.94. The van der Waals surface area contributed by atoms with E-state index in [-0.39, 0.29) is 11.8 Å². The van der Waals surface area contributed by atoms with Crippen LogP contribution in [-0.4, -0.2) is 50.4 Å². The van der Waals surface area contributed by atoms with Crippen molar-refractivity contribution in [1.82, 2.24) is 24.8 Å². The highest BCUT2D eigenvalue weighted by Crippen LogP contribution is 2.26. The lowest BCUT2D eigenvalue weighted by molar-refractivity contribution is -0.118. The van der Waals surface area contributed by atoms with Crippen molar-refractivity contribution in [2.45, 2.75) is 12.3 Å². The molecule has 3 N–H and O–H groups in total. The number of primary amides is 1. The summed E-state index contributed by atoms with van der Waals surface area (Å²) >= 11 is 0. The molecule has 3 heterocycles. The van der Waals surface area contributed by atoms with Gasteiger partial charge in [0, 0.05) is 18.7 Å². The van der Waals surface area contributed by atoms with Crippen molar-refractivity contribution in [3.63, 3.8) is 0 Å². The van der Waals surface area contributed by atoms with Crippen molar-refractivity contribution in [2.24, 2.45) is 5.73 Å². The molecule has 2 aromatic heterocycles. The standard InChI is InChI=1S/C14H17N7O/c15-13(22)8-21-4-2-10(7-21)12-1-3-18-14(20-12)19-11-5-16-9-17-6-11/h1,3,5-6,9-10H,2,4,7-8H2,(H2,15,22)(H,18,19,20)/t10-/m1/s1. The molecule has 1 saturated heterocycles. The summed E-state index contributed by atoms with van der Waals surface area (Å²) < 4.78 is 0. The molecule has 3 rings (SSSR count). The van der Waals surface area contributed by atoms with Crippen LogP contribution in [0.15, 0.2) is 31.0 Å². The number of likely N-dealkylation sites (tertiary alicyclic amines) is 1. The van der Waals surface area contributed by atoms with Crippen LogP contribution in [0.4, 0.5) is 11.6 Å². The minimum atomic E-state index is -0.297. The van der Waals surface area contributed by atoms with E-state index in [1.807, 2.05) is 11.0 Å². The van der Waals surface area contributed by atoms with Crippen molar-refractivity contribution in [2.75, 3.05) is 25.0 Å². The van der Waals surface area contributed by atoms with E-state index in [1.165, 1.54) is 6.33 Å². The van der Waals surface area contributed by atoms with E-state index in [0.717, 1.165) is 30.9 Å². The van der Waals surface area contributed by atoms with Crippen LogP contribution in [0.1, 0.15) is 18.0 Å². The zero-order valence-corrected chi connectivity index (χ0v) is 12.0. The fourth-order valence-electron chi connectivity index (χ4n) is 2.59. The first-order valence-electron chi connectivity index (χ1n) is 7.06. The molecular formula is C14H17N7O. The first-order valence-corrected chi connectivity index (χ1v) is 7.06. The molecule has 0 unspecified atom stereocenters. The Morgan fingerprint density at radius 3 is 3.00 bits per heavy atom. The summed E-state index contributed by atoms with van der Waals surface area (Å²) in [5, 5.41) is 3.08. The van der Waals surface area contributed by atoms with Gasteiger partial charge in [0.25, 0.3) is 0 Å². The van der Waals surface area contributed by atoms with Gasteiger partial charge < -0.3 is 11.1 Å². The number of hydrogen-bond donors (Lipinski definition) is 2. The largest absolute Gasteiger partial charge is 0.369 e. The number of hydrogen-bond acceptors (Lipinski definition) is 7. The number of carbonyl (C=O) groups is 1. The number of aromatic nitrogens is 4. The molecule has 114 valence electrons. The average Bonchev–Trinajstić information content (AvgIpc) is 2.96. The number of nitrogens with one attached hydrogen (secondary N) is 1. The molecule has 8 heteroatoms. The van der Waals surface area contributed by atoms with Gasteiger partial charge in [-0.15, -0.1) is 0 Å². The third-order valence-corrected chi connectivity index (χ3v) is 3.56. The zero-order valence-electron chi connectivity index (χ0n) is 12.0. The van der Waals surface area contributed by atoms with Gasteiger partial charge in [-0.3, -0.25) is 9.69 Å². The maximum atomic E-state index is 11.0. The second kappa shape index (κ2) is 6.44. The van der Waals surface area contributed by atoms with Gasteiger partial charge in [-0.1, -0.05) is 0 Å². The van der Waals surface area contributed by atoms with Crippen molar-refractivity contribution < 1.29 is 4.79 Å². The Hall–Kier alpha value is -2.61. The number of nitrogens with zero attached hydrogens (tertiary/aromatic N) is 5. The fourth-order valence-corrected chi connectivity index (χ4v) is 2.59. The lowest BCUT2D eigenvalue weighted by atomic mass is 10.1. The van der Waals surface area contributed by atoms with Gasteiger partial charge in [-0.25, -0.2) is 19.9 Å². The molecule has 0 saturated carbocycles. The molecule has 22 heavy (non-hydrogen) atoms. The maximum absolute atomic E-state index is 11.0. The molecular weight excluding hydrogens is 282 g/mol. The topological polar surface area (TPSA) is 110 Å². The van der Waals surface area contributed by atoms with Crippen LogP contribution in [0.3, 0.4) is 0 Å². The van der Waals surface area contributed by atoms with Gasteiger partial charge >= 0.3 is 0 Å². The lowest BCUT2D eigenvalue weighted by Gasteiger charge is -2.14. The Bertz CT molecular complexity index is 649. The Morgan fingerprint density at radius 2 is 2.23 bits per heavy atom. The van der Waals surface area contributed by atoms with Gasteiger partial charge in [-0.05, 0) is 19.0 Å². The maximum Gasteiger partial charge on any atom is 0.231 e. The van der Waals surface area contributed by atoms with Crippen LogP contribution in [0.25, 0.3) is 0 Å². The lowest BCUT2D eigenvalue weighted by Crippen LogP contribution is -2.31. The van der Waals surface area contributed by atoms with Gasteiger partial charge in [0.2, 0.25) is 11.9 Å². The normalized spacial score (nSPS) is 18.3. The van der Waals surface area contributed by atoms with Crippen LogP contribution in [0, 0.1) is 0 Å². The Balaban J connectivity index is 1.68. The predicted molar refractivity (Wildman–Crippen MR) is 80.3 cm³/mol. The highest BCUT2D eigenvalue weighted by Gasteiger charge is 2.25. The molecule has 8 nitrogen and oxygen atoms in total. The number of carbonyl (C=O) groups excluding carboxylic acids is 1. The fraction of sp³-hybridized carbons (Fsp3) is 0.357. The van der Waals surface area contributed by atoms with E-state index < -0.39 is 0 Å². The SMILES string of the molecule is NC(=O)CN1CC[C@@H](c2ccnc(Nc3cncnc3)n2)C1. The Labute approximate surface area is 127 Å². The van der Waals surface area contributed by atoms with Gasteiger partial charge in [0.05, 0.1) is 30.3 Å². The van der Waals surface area contributed by atoms with E-state index in [2.05, 4.69) is 25.3 Å². The number of rotatable bonds is 5. The summed E-state index contributed by atoms with van der Waals surface area (Å²) in [6.07, 6.45) is 7.47. The van der Waals surface area contributed by atoms with Crippen molar-refractivity contribution in [1.29, 1.82) is 0 Å². The molecule has 1 fully saturated rings. The highest BCUT2D eigenvalue weighted by molar-refractivity contribution is 5.75. The minimum absolute atomic E-state index is 0.287. The third kappa shape index (κ3) is 3.53. The second-order valence-corrected chi connectivity index (χ2v) is 5.24. The predicted octanol–water partition coefficient (Wildman–Crippen LogP) is 0.285. The molecule has 0 radical (unpaired) electrons. The van der Waals surface area contributed by atoms with E-state index in [1.54, 1.807) is 18.6 Å². The molecule has 0 spiro atoms. The zero-order chi connectivity index (χ0) is 15.4. The Morgan fingerprint density at radius 1 is 1.41 bits per heavy atom. The van der Waals surface area contributed by atoms with Crippen LogP contribution in [-0.2, 0) is 4.79 Å². The summed E-state index contributed by atoms with van der Waals surface area (Å²) in [6, 6.07) is 1.91. The molecule has 0 bridgehead atoms. The van der Waals surface area contributed by atoms with E-state index in [0.29, 0.717) is 12.5 Å². The van der Waals surface area contributed by atoms with Gasteiger partial charge in [-0.2, -0.15) is 0 Å². The molecule has 1 amide bonds. The quantitative estimate of drug-likeness (QED) is 0.816. The van der Waals surface area contributed by atoms with Crippen LogP contribution in [0.2, 0.25) is 0 Å². The second-order valence-electron chi connectivity index (χ2n) is 5.24. The first-order chi connectivity index (χ1) is 10.7. The number of amides is 1. The molecule has 2 aromatic rings. The van der Waals surface area contributed by atoms with E-state index >= 15 is 0 Å².